The van der Waals surface area contributed by atoms with Crippen LogP contribution in [0.3, 0.4) is 0 Å². The van der Waals surface area contributed by atoms with Gasteiger partial charge in [-0.25, -0.2) is 4.39 Å². The molecule has 1 N–H and O–H groups in total. The smallest absolute Gasteiger partial charge is 0.141 e. The number of rotatable bonds is 2. The number of hydrogen-bond acceptors (Lipinski definition) is 2. The van der Waals surface area contributed by atoms with E-state index < -0.39 is 0 Å². The molecule has 1 atom stereocenters. The zero-order chi connectivity index (χ0) is 12.6. The van der Waals surface area contributed by atoms with Crippen molar-refractivity contribution in [1.29, 1.82) is 0 Å². The fourth-order valence-corrected chi connectivity index (χ4v) is 2.87. The fraction of sp³-hybridized carbons (Fsp3) is 0.538. The summed E-state index contributed by atoms with van der Waals surface area (Å²) in [4.78, 5) is 2.28. The van der Waals surface area contributed by atoms with Crippen LogP contribution >= 0.6 is 11.6 Å². The molecule has 1 aromatic carbocycles. The highest BCUT2D eigenvalue weighted by Crippen LogP contribution is 2.35. The number of halogens is 2. The highest BCUT2D eigenvalue weighted by Gasteiger charge is 2.40. The van der Waals surface area contributed by atoms with E-state index in [1.165, 1.54) is 6.07 Å². The molecule has 1 aromatic rings. The minimum atomic E-state index is -0.363. The lowest BCUT2D eigenvalue weighted by molar-refractivity contribution is 0.403. The zero-order valence-electron chi connectivity index (χ0n) is 10.4. The lowest BCUT2D eigenvalue weighted by Gasteiger charge is -2.37. The summed E-state index contributed by atoms with van der Waals surface area (Å²) in [5.74, 6) is -0.363. The van der Waals surface area contributed by atoms with Gasteiger partial charge in [0.25, 0.3) is 0 Å². The van der Waals surface area contributed by atoms with Crippen molar-refractivity contribution in [2.75, 3.05) is 18.5 Å². The molecule has 0 saturated carbocycles. The number of nitrogens with one attached hydrogen (secondary N) is 1. The van der Waals surface area contributed by atoms with E-state index in [0.29, 0.717) is 6.04 Å². The summed E-state index contributed by atoms with van der Waals surface area (Å²) in [6.07, 6.45) is 1.08. The van der Waals surface area contributed by atoms with Crippen LogP contribution < -0.4 is 10.2 Å². The number of likely N-dealkylation sites (N-methyl/N-ethyl adjacent to an activating group) is 1. The van der Waals surface area contributed by atoms with E-state index in [1.54, 1.807) is 12.1 Å². The van der Waals surface area contributed by atoms with Gasteiger partial charge in [-0.2, -0.15) is 0 Å². The predicted octanol–water partition coefficient (Wildman–Crippen LogP) is 3.06. The molecule has 1 saturated heterocycles. The largest absolute Gasteiger partial charge is 0.365 e. The molecule has 1 fully saturated rings. The van der Waals surface area contributed by atoms with Gasteiger partial charge >= 0.3 is 0 Å². The SMILES string of the molecule is CNC1CCN(c2ccc(F)c(Cl)c2)C1(C)C. The summed E-state index contributed by atoms with van der Waals surface area (Å²) in [7, 11) is 1.98. The Hall–Kier alpha value is -0.800. The average Bonchev–Trinajstić information content (AvgIpc) is 2.57. The number of anilines is 1. The first kappa shape index (κ1) is 12.7. The third kappa shape index (κ3) is 2.14. The molecule has 0 spiro atoms. The molecule has 0 aromatic heterocycles. The Bertz CT molecular complexity index is 420. The summed E-state index contributed by atoms with van der Waals surface area (Å²) in [6, 6.07) is 5.37. The predicted molar refractivity (Wildman–Crippen MR) is 70.3 cm³/mol. The van der Waals surface area contributed by atoms with Crippen LogP contribution in [0.25, 0.3) is 0 Å². The van der Waals surface area contributed by atoms with Crippen molar-refractivity contribution in [2.24, 2.45) is 0 Å². The summed E-state index contributed by atoms with van der Waals surface area (Å²) in [5, 5.41) is 3.52. The van der Waals surface area contributed by atoms with Crippen LogP contribution in [0, 0.1) is 5.82 Å². The van der Waals surface area contributed by atoms with E-state index in [4.69, 9.17) is 11.6 Å². The molecule has 0 aliphatic carbocycles. The molecule has 2 nitrogen and oxygen atoms in total. The lowest BCUT2D eigenvalue weighted by Crippen LogP contribution is -2.50. The molecule has 1 unspecified atom stereocenters. The van der Waals surface area contributed by atoms with Crippen molar-refractivity contribution >= 4 is 17.3 Å². The standard InChI is InChI=1S/C13H18ClFN2/c1-13(2)12(16-3)6-7-17(13)9-4-5-11(15)10(14)8-9/h4-5,8,12,16H,6-7H2,1-3H3. The Kier molecular flexibility index (Phi) is 3.32. The minimum absolute atomic E-state index is 0.00983. The second-order valence-corrected chi connectivity index (χ2v) is 5.44. The molecule has 0 radical (unpaired) electrons. The van der Waals surface area contributed by atoms with Gasteiger partial charge in [-0.15, -0.1) is 0 Å². The summed E-state index contributed by atoms with van der Waals surface area (Å²) in [6.45, 7) is 5.34. The normalized spacial score (nSPS) is 23.1. The highest BCUT2D eigenvalue weighted by molar-refractivity contribution is 6.31. The summed E-state index contributed by atoms with van der Waals surface area (Å²) < 4.78 is 13.2. The Morgan fingerprint density at radius 2 is 2.18 bits per heavy atom. The van der Waals surface area contributed by atoms with Crippen molar-refractivity contribution in [1.82, 2.24) is 5.32 Å². The number of nitrogens with zero attached hydrogens (tertiary/aromatic N) is 1. The average molecular weight is 257 g/mol. The van der Waals surface area contributed by atoms with Gasteiger partial charge in [0.05, 0.1) is 5.02 Å². The topological polar surface area (TPSA) is 15.3 Å². The van der Waals surface area contributed by atoms with Crippen molar-refractivity contribution in [3.05, 3.63) is 29.0 Å². The fourth-order valence-electron chi connectivity index (χ4n) is 2.70. The van der Waals surface area contributed by atoms with Crippen LogP contribution in [0.1, 0.15) is 20.3 Å². The van der Waals surface area contributed by atoms with Crippen LogP contribution in [0.2, 0.25) is 5.02 Å². The van der Waals surface area contributed by atoms with E-state index in [0.717, 1.165) is 18.7 Å². The third-order valence-corrected chi connectivity index (χ3v) is 4.04. The van der Waals surface area contributed by atoms with Gasteiger partial charge in [0, 0.05) is 23.8 Å². The Balaban J connectivity index is 2.32. The Morgan fingerprint density at radius 3 is 2.71 bits per heavy atom. The maximum Gasteiger partial charge on any atom is 0.141 e. The first-order chi connectivity index (χ1) is 7.96. The number of hydrogen-bond donors (Lipinski definition) is 1. The minimum Gasteiger partial charge on any atom is -0.365 e. The molecule has 2 rings (SSSR count). The van der Waals surface area contributed by atoms with Crippen molar-refractivity contribution < 1.29 is 4.39 Å². The maximum atomic E-state index is 13.2. The zero-order valence-corrected chi connectivity index (χ0v) is 11.2. The molecule has 1 heterocycles. The molecule has 0 amide bonds. The molecule has 17 heavy (non-hydrogen) atoms. The Morgan fingerprint density at radius 1 is 1.47 bits per heavy atom. The van der Waals surface area contributed by atoms with Gasteiger partial charge in [-0.05, 0) is 45.5 Å². The third-order valence-electron chi connectivity index (χ3n) is 3.75. The van der Waals surface area contributed by atoms with Gasteiger partial charge in [0.2, 0.25) is 0 Å². The second kappa shape index (κ2) is 4.46. The molecule has 94 valence electrons. The van der Waals surface area contributed by atoms with Gasteiger partial charge in [-0.1, -0.05) is 11.6 Å². The highest BCUT2D eigenvalue weighted by atomic mass is 35.5. The molecular weight excluding hydrogens is 239 g/mol. The molecule has 0 bridgehead atoms. The van der Waals surface area contributed by atoms with E-state index in [1.807, 2.05) is 7.05 Å². The van der Waals surface area contributed by atoms with Crippen LogP contribution in [0.4, 0.5) is 10.1 Å². The summed E-state index contributed by atoms with van der Waals surface area (Å²) >= 11 is 5.84. The number of benzene rings is 1. The van der Waals surface area contributed by atoms with Gasteiger partial charge < -0.3 is 10.2 Å². The van der Waals surface area contributed by atoms with Crippen LogP contribution in [0.5, 0.6) is 0 Å². The van der Waals surface area contributed by atoms with Gasteiger partial charge in [0.15, 0.2) is 0 Å². The van der Waals surface area contributed by atoms with E-state index in [9.17, 15) is 4.39 Å². The first-order valence-corrected chi connectivity index (χ1v) is 6.24. The Labute approximate surface area is 107 Å². The van der Waals surface area contributed by atoms with E-state index in [-0.39, 0.29) is 16.4 Å². The monoisotopic (exact) mass is 256 g/mol. The van der Waals surface area contributed by atoms with Gasteiger partial charge in [-0.3, -0.25) is 0 Å². The van der Waals surface area contributed by atoms with Crippen LogP contribution in [-0.4, -0.2) is 25.2 Å². The molecule has 4 heteroatoms. The van der Waals surface area contributed by atoms with Gasteiger partial charge in [0.1, 0.15) is 5.82 Å². The quantitative estimate of drug-likeness (QED) is 0.875. The van der Waals surface area contributed by atoms with Crippen molar-refractivity contribution in [3.8, 4) is 0 Å². The van der Waals surface area contributed by atoms with E-state index in [2.05, 4.69) is 24.1 Å². The van der Waals surface area contributed by atoms with Crippen molar-refractivity contribution in [2.45, 2.75) is 31.8 Å². The lowest BCUT2D eigenvalue weighted by atomic mass is 9.95. The molecule has 1 aliphatic rings. The van der Waals surface area contributed by atoms with Crippen molar-refractivity contribution in [3.63, 3.8) is 0 Å². The second-order valence-electron chi connectivity index (χ2n) is 5.03. The first-order valence-electron chi connectivity index (χ1n) is 5.87. The maximum absolute atomic E-state index is 13.2. The van der Waals surface area contributed by atoms with Crippen LogP contribution in [-0.2, 0) is 0 Å². The van der Waals surface area contributed by atoms with Crippen LogP contribution in [0.15, 0.2) is 18.2 Å². The molecule has 1 aliphatic heterocycles. The molecular formula is C13H18ClFN2. The van der Waals surface area contributed by atoms with E-state index >= 15 is 0 Å². The summed E-state index contributed by atoms with van der Waals surface area (Å²) in [5.41, 5.74) is 0.995.